The maximum Gasteiger partial charge on any atom is 0.224 e. The van der Waals surface area contributed by atoms with Gasteiger partial charge in [0.1, 0.15) is 0 Å². The van der Waals surface area contributed by atoms with Gasteiger partial charge in [0.05, 0.1) is 17.2 Å². The van der Waals surface area contributed by atoms with Crippen LogP contribution in [0.1, 0.15) is 24.0 Å². The smallest absolute Gasteiger partial charge is 0.224 e. The fourth-order valence-corrected chi connectivity index (χ4v) is 3.86. The average molecular weight is 362 g/mol. The Labute approximate surface area is 149 Å². The minimum absolute atomic E-state index is 0.0341. The summed E-state index contributed by atoms with van der Waals surface area (Å²) >= 11 is 5.95. The van der Waals surface area contributed by atoms with E-state index in [-0.39, 0.29) is 17.7 Å². The van der Waals surface area contributed by atoms with Gasteiger partial charge in [-0.15, -0.1) is 0 Å². The Morgan fingerprint density at radius 2 is 1.83 bits per heavy atom. The molecule has 0 bridgehead atoms. The first-order valence-corrected chi connectivity index (χ1v) is 9.88. The molecule has 5 heteroatoms. The summed E-state index contributed by atoms with van der Waals surface area (Å²) in [7, 11) is -1.09. The Bertz CT molecular complexity index is 769. The van der Waals surface area contributed by atoms with Gasteiger partial charge in [-0.2, -0.15) is 0 Å². The lowest BCUT2D eigenvalue weighted by molar-refractivity contribution is -0.120. The third kappa shape index (κ3) is 3.87. The second-order valence-electron chi connectivity index (χ2n) is 6.30. The second kappa shape index (κ2) is 7.08. The summed E-state index contributed by atoms with van der Waals surface area (Å²) in [5, 5.41) is 3.77. The third-order valence-corrected chi connectivity index (χ3v) is 5.84. The summed E-state index contributed by atoms with van der Waals surface area (Å²) in [5.41, 5.74) is 2.10. The number of benzene rings is 2. The van der Waals surface area contributed by atoms with Gasteiger partial charge in [-0.05, 0) is 42.2 Å². The predicted molar refractivity (Wildman–Crippen MR) is 97.9 cm³/mol. The number of amides is 1. The zero-order valence-corrected chi connectivity index (χ0v) is 15.1. The number of rotatable bonds is 6. The molecule has 0 radical (unpaired) electrons. The molecule has 3 nitrogen and oxygen atoms in total. The number of hydrogen-bond donors (Lipinski definition) is 1. The van der Waals surface area contributed by atoms with Gasteiger partial charge in [-0.3, -0.25) is 9.00 Å². The van der Waals surface area contributed by atoms with Gasteiger partial charge >= 0.3 is 0 Å². The van der Waals surface area contributed by atoms with Crippen LogP contribution in [0.4, 0.5) is 0 Å². The van der Waals surface area contributed by atoms with Crippen LogP contribution in [0.15, 0.2) is 53.4 Å². The molecule has 1 saturated carbocycles. The van der Waals surface area contributed by atoms with Crippen molar-refractivity contribution in [3.8, 4) is 0 Å². The van der Waals surface area contributed by atoms with Crippen LogP contribution in [0.3, 0.4) is 0 Å². The van der Waals surface area contributed by atoms with E-state index in [0.29, 0.717) is 6.54 Å². The highest BCUT2D eigenvalue weighted by Crippen LogP contribution is 2.47. The zero-order valence-electron chi connectivity index (χ0n) is 13.5. The Kier molecular flexibility index (Phi) is 5.07. The molecule has 0 spiro atoms. The summed E-state index contributed by atoms with van der Waals surface area (Å²) in [6.07, 6.45) is 4.04. The molecule has 3 rings (SSSR count). The minimum Gasteiger partial charge on any atom is -0.355 e. The van der Waals surface area contributed by atoms with Gasteiger partial charge < -0.3 is 5.32 Å². The molecule has 1 aliphatic rings. The third-order valence-electron chi connectivity index (χ3n) is 4.57. The number of carbonyl (C=O) groups is 1. The van der Waals surface area contributed by atoms with Crippen molar-refractivity contribution in [1.29, 1.82) is 0 Å². The maximum absolute atomic E-state index is 12.3. The van der Waals surface area contributed by atoms with E-state index >= 15 is 0 Å². The highest BCUT2D eigenvalue weighted by Gasteiger charge is 2.44. The summed E-state index contributed by atoms with van der Waals surface area (Å²) in [6.45, 7) is 0.630. The van der Waals surface area contributed by atoms with E-state index < -0.39 is 10.8 Å². The van der Waals surface area contributed by atoms with Crippen LogP contribution in [0.2, 0.25) is 5.02 Å². The molecule has 1 aliphatic carbocycles. The molecule has 2 aromatic rings. The molecular formula is C19H20ClNO2S. The number of carbonyl (C=O) groups excluding carboxylic acids is 1. The number of hydrogen-bond acceptors (Lipinski definition) is 2. The molecule has 126 valence electrons. The van der Waals surface area contributed by atoms with Crippen LogP contribution < -0.4 is 5.32 Å². The lowest BCUT2D eigenvalue weighted by atomic mass is 9.96. The molecule has 0 heterocycles. The predicted octanol–water partition coefficient (Wildman–Crippen LogP) is 3.47. The fourth-order valence-electron chi connectivity index (χ4n) is 2.96. The monoisotopic (exact) mass is 361 g/mol. The van der Waals surface area contributed by atoms with E-state index in [1.807, 2.05) is 48.5 Å². The van der Waals surface area contributed by atoms with Crippen LogP contribution in [-0.2, 0) is 27.4 Å². The number of nitrogens with one attached hydrogen (secondary N) is 1. The van der Waals surface area contributed by atoms with Gasteiger partial charge in [0.15, 0.2) is 0 Å². The van der Waals surface area contributed by atoms with Crippen molar-refractivity contribution in [1.82, 2.24) is 5.32 Å². The topological polar surface area (TPSA) is 46.2 Å². The minimum atomic E-state index is -1.09. The first-order chi connectivity index (χ1) is 11.5. The van der Waals surface area contributed by atoms with Crippen LogP contribution in [0, 0.1) is 0 Å². The van der Waals surface area contributed by atoms with Crippen molar-refractivity contribution in [3.63, 3.8) is 0 Å². The molecule has 1 fully saturated rings. The Morgan fingerprint density at radius 1 is 1.17 bits per heavy atom. The molecule has 1 amide bonds. The molecule has 1 N–H and O–H groups in total. The van der Waals surface area contributed by atoms with Gasteiger partial charge in [0.2, 0.25) is 5.91 Å². The summed E-state index contributed by atoms with van der Waals surface area (Å²) < 4.78 is 11.8. The van der Waals surface area contributed by atoms with Gasteiger partial charge in [0.25, 0.3) is 0 Å². The SMILES string of the molecule is C[S@@](=O)c1ccccc1CC(=O)NCC1(c2ccc(Cl)cc2)CC1. The zero-order chi connectivity index (χ0) is 17.2. The lowest BCUT2D eigenvalue weighted by Gasteiger charge is -2.17. The van der Waals surface area contributed by atoms with E-state index in [9.17, 15) is 9.00 Å². The van der Waals surface area contributed by atoms with Crippen molar-refractivity contribution in [2.24, 2.45) is 0 Å². The first-order valence-electron chi connectivity index (χ1n) is 7.94. The van der Waals surface area contributed by atoms with Crippen molar-refractivity contribution in [2.45, 2.75) is 29.6 Å². The van der Waals surface area contributed by atoms with Crippen LogP contribution >= 0.6 is 11.6 Å². The van der Waals surface area contributed by atoms with E-state index in [1.54, 1.807) is 6.26 Å². The quantitative estimate of drug-likeness (QED) is 0.856. The maximum atomic E-state index is 12.3. The normalized spacial score (nSPS) is 16.4. The average Bonchev–Trinajstić information content (AvgIpc) is 3.35. The van der Waals surface area contributed by atoms with E-state index in [0.717, 1.165) is 28.3 Å². The molecule has 24 heavy (non-hydrogen) atoms. The summed E-state index contributed by atoms with van der Waals surface area (Å²) in [6, 6.07) is 15.3. The van der Waals surface area contributed by atoms with Crippen LogP contribution in [-0.4, -0.2) is 22.9 Å². The van der Waals surface area contributed by atoms with E-state index in [4.69, 9.17) is 11.6 Å². The van der Waals surface area contributed by atoms with Gasteiger partial charge in [-0.25, -0.2) is 0 Å². The molecule has 2 aromatic carbocycles. The molecular weight excluding hydrogens is 342 g/mol. The lowest BCUT2D eigenvalue weighted by Crippen LogP contribution is -2.33. The molecule has 0 aromatic heterocycles. The number of halogens is 1. The van der Waals surface area contributed by atoms with Gasteiger partial charge in [0, 0.05) is 28.1 Å². The summed E-state index contributed by atoms with van der Waals surface area (Å²) in [5.74, 6) is -0.0341. The Morgan fingerprint density at radius 3 is 2.46 bits per heavy atom. The fraction of sp³-hybridized carbons (Fsp3) is 0.316. The standard InChI is InChI=1S/C19H20ClNO2S/c1-24(23)17-5-3-2-4-14(17)12-18(22)21-13-19(10-11-19)15-6-8-16(20)9-7-15/h2-9H,10-13H2,1H3,(H,21,22)/t24-/m1/s1. The van der Waals surface area contributed by atoms with Crippen molar-refractivity contribution >= 4 is 28.3 Å². The van der Waals surface area contributed by atoms with Crippen molar-refractivity contribution < 1.29 is 9.00 Å². The summed E-state index contributed by atoms with van der Waals surface area (Å²) in [4.78, 5) is 13.0. The first kappa shape index (κ1) is 17.2. The molecule has 0 unspecified atom stereocenters. The molecule has 0 saturated heterocycles. The highest BCUT2D eigenvalue weighted by molar-refractivity contribution is 7.84. The molecule has 0 aliphatic heterocycles. The van der Waals surface area contributed by atoms with Crippen LogP contribution in [0.25, 0.3) is 0 Å². The molecule has 1 atom stereocenters. The van der Waals surface area contributed by atoms with Crippen molar-refractivity contribution in [2.75, 3.05) is 12.8 Å². The highest BCUT2D eigenvalue weighted by atomic mass is 35.5. The van der Waals surface area contributed by atoms with Crippen LogP contribution in [0.5, 0.6) is 0 Å². The second-order valence-corrected chi connectivity index (χ2v) is 8.09. The largest absolute Gasteiger partial charge is 0.355 e. The van der Waals surface area contributed by atoms with E-state index in [1.165, 1.54) is 5.56 Å². The Balaban J connectivity index is 1.62. The van der Waals surface area contributed by atoms with E-state index in [2.05, 4.69) is 5.32 Å². The van der Waals surface area contributed by atoms with Gasteiger partial charge in [-0.1, -0.05) is 41.9 Å². The Hall–Kier alpha value is -1.65. The van der Waals surface area contributed by atoms with Crippen molar-refractivity contribution in [3.05, 3.63) is 64.7 Å².